The highest BCUT2D eigenvalue weighted by Crippen LogP contribution is 2.27. The maximum absolute atomic E-state index is 13.4. The predicted molar refractivity (Wildman–Crippen MR) is 135 cm³/mol. The molecule has 2 aromatic rings. The number of nitrogens with one attached hydrogen (secondary N) is 1. The van der Waals surface area contributed by atoms with Gasteiger partial charge in [0.1, 0.15) is 18.2 Å². The van der Waals surface area contributed by atoms with E-state index in [-0.39, 0.29) is 24.0 Å². The van der Waals surface area contributed by atoms with Gasteiger partial charge in [-0.1, -0.05) is 13.8 Å². The Bertz CT molecular complexity index is 1010. The maximum Gasteiger partial charge on any atom is 0.257 e. The minimum absolute atomic E-state index is 0.124. The van der Waals surface area contributed by atoms with E-state index < -0.39 is 11.7 Å². The predicted octanol–water partition coefficient (Wildman–Crippen LogP) is 4.29. The van der Waals surface area contributed by atoms with Gasteiger partial charge in [-0.3, -0.25) is 14.5 Å². The first-order valence-corrected chi connectivity index (χ1v) is 12.1. The van der Waals surface area contributed by atoms with Crippen molar-refractivity contribution in [1.82, 2.24) is 9.80 Å². The van der Waals surface area contributed by atoms with E-state index in [1.165, 1.54) is 24.3 Å². The van der Waals surface area contributed by atoms with Crippen LogP contribution in [0.1, 0.15) is 47.9 Å². The van der Waals surface area contributed by atoms with E-state index in [0.29, 0.717) is 35.7 Å². The van der Waals surface area contributed by atoms with E-state index in [4.69, 9.17) is 9.47 Å². The normalized spacial score (nSPS) is 21.9. The van der Waals surface area contributed by atoms with Gasteiger partial charge >= 0.3 is 0 Å². The van der Waals surface area contributed by atoms with E-state index in [1.54, 1.807) is 37.3 Å². The molecular formula is C27H36FN3O4. The van der Waals surface area contributed by atoms with Crippen LogP contribution in [0.2, 0.25) is 0 Å². The average Bonchev–Trinajstić information content (AvgIpc) is 2.85. The van der Waals surface area contributed by atoms with Crippen molar-refractivity contribution in [2.75, 3.05) is 45.7 Å². The summed E-state index contributed by atoms with van der Waals surface area (Å²) in [5.74, 6) is -0.345. The summed E-state index contributed by atoms with van der Waals surface area (Å²) < 4.78 is 25.1. The number of hydrogen-bond acceptors (Lipinski definition) is 5. The summed E-state index contributed by atoms with van der Waals surface area (Å²) >= 11 is 0. The van der Waals surface area contributed by atoms with Gasteiger partial charge in [0.05, 0.1) is 11.7 Å². The van der Waals surface area contributed by atoms with Crippen molar-refractivity contribution < 1.29 is 23.5 Å². The van der Waals surface area contributed by atoms with Crippen LogP contribution in [0, 0.1) is 11.7 Å². The highest BCUT2D eigenvalue weighted by atomic mass is 19.1. The smallest absolute Gasteiger partial charge is 0.257 e. The lowest BCUT2D eigenvalue weighted by molar-refractivity contribution is 0.0108. The van der Waals surface area contributed by atoms with Crippen LogP contribution in [-0.4, -0.2) is 74.2 Å². The number of methoxy groups -OCH3 is 1. The summed E-state index contributed by atoms with van der Waals surface area (Å²) in [5.41, 5.74) is 1.13. The first-order valence-electron chi connectivity index (χ1n) is 12.1. The van der Waals surface area contributed by atoms with Crippen LogP contribution in [0.25, 0.3) is 0 Å². The lowest BCUT2D eigenvalue weighted by Gasteiger charge is -2.35. The molecule has 0 aliphatic carbocycles. The zero-order valence-corrected chi connectivity index (χ0v) is 21.2. The zero-order chi connectivity index (χ0) is 25.5. The van der Waals surface area contributed by atoms with Gasteiger partial charge in [-0.15, -0.1) is 0 Å². The van der Waals surface area contributed by atoms with Crippen molar-refractivity contribution >= 4 is 17.5 Å². The molecule has 35 heavy (non-hydrogen) atoms. The number of benzene rings is 2. The minimum atomic E-state index is -0.414. The summed E-state index contributed by atoms with van der Waals surface area (Å²) in [7, 11) is 3.42. The van der Waals surface area contributed by atoms with Crippen molar-refractivity contribution in [1.29, 1.82) is 0 Å². The largest absolute Gasteiger partial charge is 0.491 e. The third-order valence-electron chi connectivity index (χ3n) is 6.45. The number of ether oxygens (including phenoxy) is 2. The van der Waals surface area contributed by atoms with Crippen molar-refractivity contribution in [3.63, 3.8) is 0 Å². The molecule has 0 saturated carbocycles. The van der Waals surface area contributed by atoms with Crippen LogP contribution in [0.4, 0.5) is 10.1 Å². The number of likely N-dealkylation sites (N-methyl/N-ethyl adjacent to an activating group) is 1. The number of carbonyl (C=O) groups excluding carboxylic acids is 2. The molecule has 3 rings (SSSR count). The highest BCUT2D eigenvalue weighted by molar-refractivity contribution is 6.05. The third-order valence-corrected chi connectivity index (χ3v) is 6.45. The van der Waals surface area contributed by atoms with Crippen molar-refractivity contribution in [2.45, 2.75) is 39.3 Å². The van der Waals surface area contributed by atoms with Gasteiger partial charge in [-0.25, -0.2) is 4.39 Å². The summed E-state index contributed by atoms with van der Waals surface area (Å²) in [5, 5.41) is 2.79. The van der Waals surface area contributed by atoms with Gasteiger partial charge in [0.15, 0.2) is 0 Å². The molecule has 1 aliphatic rings. The molecule has 7 nitrogen and oxygen atoms in total. The SMILES string of the molecule is CCCN1C[C@H](C)[C@H](OC)CN(C)C(=O)c2cc(NC(=O)c3ccc(F)cc3)ccc2OC[C@H]1C. The molecule has 190 valence electrons. The second-order valence-corrected chi connectivity index (χ2v) is 9.26. The fourth-order valence-corrected chi connectivity index (χ4v) is 4.33. The molecule has 2 aromatic carbocycles. The van der Waals surface area contributed by atoms with E-state index in [9.17, 15) is 14.0 Å². The van der Waals surface area contributed by atoms with E-state index in [0.717, 1.165) is 19.5 Å². The Morgan fingerprint density at radius 1 is 1.17 bits per heavy atom. The molecule has 0 aromatic heterocycles. The topological polar surface area (TPSA) is 71.1 Å². The summed E-state index contributed by atoms with van der Waals surface area (Å²) in [6.07, 6.45) is 0.904. The number of carbonyl (C=O) groups is 2. The Morgan fingerprint density at radius 3 is 2.54 bits per heavy atom. The number of hydrogen-bond donors (Lipinski definition) is 1. The van der Waals surface area contributed by atoms with Crippen molar-refractivity contribution in [2.24, 2.45) is 5.92 Å². The molecule has 0 spiro atoms. The number of nitrogens with zero attached hydrogens (tertiary/aromatic N) is 2. The third kappa shape index (κ3) is 6.80. The number of fused-ring (bicyclic) bond motifs is 1. The van der Waals surface area contributed by atoms with Gasteiger partial charge < -0.3 is 19.7 Å². The Morgan fingerprint density at radius 2 is 1.89 bits per heavy atom. The quantitative estimate of drug-likeness (QED) is 0.684. The fraction of sp³-hybridized carbons (Fsp3) is 0.481. The summed E-state index contributed by atoms with van der Waals surface area (Å²) in [6.45, 7) is 9.07. The molecule has 1 aliphatic heterocycles. The second kappa shape index (κ2) is 12.1. The standard InChI is InChI=1S/C27H36FN3O4/c1-6-13-31-15-18(2)25(34-5)16-30(4)27(33)23-14-22(11-12-24(23)35-17-19(31)3)29-26(32)20-7-9-21(28)10-8-20/h7-12,14,18-19,25H,6,13,15-17H2,1-5H3,(H,29,32)/t18-,19+,25+/m0/s1. The molecule has 0 saturated heterocycles. The van der Waals surface area contributed by atoms with Crippen LogP contribution in [0.5, 0.6) is 5.75 Å². The zero-order valence-electron chi connectivity index (χ0n) is 21.2. The van der Waals surface area contributed by atoms with Crippen LogP contribution in [-0.2, 0) is 4.74 Å². The highest BCUT2D eigenvalue weighted by Gasteiger charge is 2.28. The van der Waals surface area contributed by atoms with Gasteiger partial charge in [-0.2, -0.15) is 0 Å². The maximum atomic E-state index is 13.4. The second-order valence-electron chi connectivity index (χ2n) is 9.26. The van der Waals surface area contributed by atoms with Crippen LogP contribution in [0.15, 0.2) is 42.5 Å². The van der Waals surface area contributed by atoms with Crippen molar-refractivity contribution in [3.8, 4) is 5.75 Å². The lowest BCUT2D eigenvalue weighted by atomic mass is 10.0. The Kier molecular flexibility index (Phi) is 9.23. The molecule has 3 atom stereocenters. The Balaban J connectivity index is 1.91. The average molecular weight is 486 g/mol. The van der Waals surface area contributed by atoms with Crippen LogP contribution < -0.4 is 10.1 Å². The number of rotatable bonds is 5. The van der Waals surface area contributed by atoms with Gasteiger partial charge in [0, 0.05) is 44.5 Å². The number of anilines is 1. The van der Waals surface area contributed by atoms with Crippen LogP contribution >= 0.6 is 0 Å². The minimum Gasteiger partial charge on any atom is -0.491 e. The van der Waals surface area contributed by atoms with Gasteiger partial charge in [0.2, 0.25) is 0 Å². The van der Waals surface area contributed by atoms with E-state index >= 15 is 0 Å². The molecule has 0 radical (unpaired) electrons. The molecule has 1 N–H and O–H groups in total. The lowest BCUT2D eigenvalue weighted by Crippen LogP contribution is -2.46. The number of halogens is 1. The molecule has 0 bridgehead atoms. The first kappa shape index (κ1) is 26.6. The van der Waals surface area contributed by atoms with Gasteiger partial charge in [-0.05, 0) is 68.3 Å². The summed E-state index contributed by atoms with van der Waals surface area (Å²) in [4.78, 5) is 30.1. The molecule has 0 unspecified atom stereocenters. The van der Waals surface area contributed by atoms with E-state index in [1.807, 2.05) is 0 Å². The fourth-order valence-electron chi connectivity index (χ4n) is 4.33. The van der Waals surface area contributed by atoms with Gasteiger partial charge in [0.25, 0.3) is 11.8 Å². The molecular weight excluding hydrogens is 449 g/mol. The van der Waals surface area contributed by atoms with Crippen LogP contribution in [0.3, 0.4) is 0 Å². The molecule has 8 heteroatoms. The summed E-state index contributed by atoms with van der Waals surface area (Å²) in [6, 6.07) is 10.5. The number of amides is 2. The monoisotopic (exact) mass is 485 g/mol. The molecule has 0 fully saturated rings. The van der Waals surface area contributed by atoms with E-state index in [2.05, 4.69) is 31.0 Å². The molecule has 2 amide bonds. The molecule has 1 heterocycles. The Labute approximate surface area is 207 Å². The first-order chi connectivity index (χ1) is 16.7. The van der Waals surface area contributed by atoms with Crippen molar-refractivity contribution in [3.05, 3.63) is 59.4 Å². The Hall–Kier alpha value is -2.97.